The molecule has 0 aliphatic carbocycles. The second-order valence-corrected chi connectivity index (χ2v) is 4.49. The van der Waals surface area contributed by atoms with Gasteiger partial charge in [0, 0.05) is 0 Å². The van der Waals surface area contributed by atoms with Gasteiger partial charge in [0.2, 0.25) is 0 Å². The fourth-order valence-corrected chi connectivity index (χ4v) is 2.23. The maximum atomic E-state index is 9.24. The topological polar surface area (TPSA) is 23.8 Å². The van der Waals surface area contributed by atoms with Crippen LogP contribution in [0.2, 0.25) is 0 Å². The van der Waals surface area contributed by atoms with Crippen molar-refractivity contribution in [1.82, 2.24) is 0 Å². The van der Waals surface area contributed by atoms with Gasteiger partial charge in [-0.25, -0.2) is 0 Å². The molecule has 0 aromatic carbocycles. The second-order valence-electron chi connectivity index (χ2n) is 4.49. The summed E-state index contributed by atoms with van der Waals surface area (Å²) in [7, 11) is 0. The molecule has 0 saturated carbocycles. The minimum absolute atomic E-state index is 0.0301. The first-order valence-corrected chi connectivity index (χ1v) is 5.51. The van der Waals surface area contributed by atoms with Gasteiger partial charge in [0.05, 0.1) is 11.5 Å². The van der Waals surface area contributed by atoms with Crippen molar-refractivity contribution in [2.45, 2.75) is 59.8 Å². The monoisotopic (exact) mass is 181 g/mol. The summed E-state index contributed by atoms with van der Waals surface area (Å²) in [5, 5.41) is 9.24. The number of nitriles is 1. The molecule has 13 heavy (non-hydrogen) atoms. The first-order valence-electron chi connectivity index (χ1n) is 5.51. The van der Waals surface area contributed by atoms with E-state index < -0.39 is 0 Å². The lowest BCUT2D eigenvalue weighted by Crippen LogP contribution is -2.20. The van der Waals surface area contributed by atoms with Crippen LogP contribution in [0.4, 0.5) is 0 Å². The van der Waals surface area contributed by atoms with Crippen molar-refractivity contribution in [3.63, 3.8) is 0 Å². The van der Waals surface area contributed by atoms with Crippen molar-refractivity contribution in [1.29, 1.82) is 5.26 Å². The molecule has 0 fully saturated rings. The molecule has 1 heteroatoms. The summed E-state index contributed by atoms with van der Waals surface area (Å²) in [5.74, 6) is 0.637. The first kappa shape index (κ1) is 12.5. The van der Waals surface area contributed by atoms with Crippen molar-refractivity contribution in [3.05, 3.63) is 0 Å². The molecule has 0 amide bonds. The Morgan fingerprint density at radius 1 is 1.15 bits per heavy atom. The fourth-order valence-electron chi connectivity index (χ4n) is 2.23. The van der Waals surface area contributed by atoms with Crippen LogP contribution < -0.4 is 0 Å². The maximum Gasteiger partial charge on any atom is 0.0689 e. The molecule has 0 bridgehead atoms. The maximum absolute atomic E-state index is 9.24. The van der Waals surface area contributed by atoms with Gasteiger partial charge in [-0.1, -0.05) is 40.5 Å². The van der Waals surface area contributed by atoms with Gasteiger partial charge in [-0.15, -0.1) is 0 Å². The Morgan fingerprint density at radius 3 is 1.85 bits per heavy atom. The molecule has 0 heterocycles. The molecule has 0 aliphatic heterocycles. The highest BCUT2D eigenvalue weighted by Gasteiger charge is 2.28. The Morgan fingerprint density at radius 2 is 1.62 bits per heavy atom. The summed E-state index contributed by atoms with van der Waals surface area (Å²) in [6, 6.07) is 2.55. The van der Waals surface area contributed by atoms with E-state index in [9.17, 15) is 5.26 Å². The Balaban J connectivity index is 4.36. The average molecular weight is 181 g/mol. The van der Waals surface area contributed by atoms with E-state index in [0.29, 0.717) is 5.92 Å². The molecule has 0 aliphatic rings. The minimum atomic E-state index is -0.0301. The highest BCUT2D eigenvalue weighted by atomic mass is 14.4. The Hall–Kier alpha value is -0.510. The van der Waals surface area contributed by atoms with Gasteiger partial charge in [0.25, 0.3) is 0 Å². The molecular formula is C12H23N. The summed E-state index contributed by atoms with van der Waals surface area (Å²) in [6.45, 7) is 8.75. The standard InChI is InChI=1S/C12H23N/c1-5-7-12(10-13,8-6-2)9-11(3)4/h11H,5-9H2,1-4H3. The van der Waals surface area contributed by atoms with E-state index >= 15 is 0 Å². The largest absolute Gasteiger partial charge is 0.198 e. The first-order chi connectivity index (χ1) is 6.10. The summed E-state index contributed by atoms with van der Waals surface area (Å²) >= 11 is 0. The van der Waals surface area contributed by atoms with Gasteiger partial charge in [0.1, 0.15) is 0 Å². The molecule has 1 nitrogen and oxygen atoms in total. The van der Waals surface area contributed by atoms with Crippen LogP contribution in [0.1, 0.15) is 59.8 Å². The summed E-state index contributed by atoms with van der Waals surface area (Å²) < 4.78 is 0. The third-order valence-corrected chi connectivity index (χ3v) is 2.49. The quantitative estimate of drug-likeness (QED) is 0.604. The lowest BCUT2D eigenvalue weighted by Gasteiger charge is -2.27. The van der Waals surface area contributed by atoms with Crippen LogP contribution in [0.5, 0.6) is 0 Å². The highest BCUT2D eigenvalue weighted by Crippen LogP contribution is 2.35. The van der Waals surface area contributed by atoms with Gasteiger partial charge >= 0.3 is 0 Å². The van der Waals surface area contributed by atoms with E-state index in [1.165, 1.54) is 0 Å². The molecule has 0 saturated heterocycles. The Kier molecular flexibility index (Phi) is 5.79. The van der Waals surface area contributed by atoms with Crippen LogP contribution in [0.25, 0.3) is 0 Å². The van der Waals surface area contributed by atoms with E-state index in [4.69, 9.17) is 0 Å². The van der Waals surface area contributed by atoms with Gasteiger partial charge in [0.15, 0.2) is 0 Å². The van der Waals surface area contributed by atoms with E-state index in [1.54, 1.807) is 0 Å². The van der Waals surface area contributed by atoms with Crippen LogP contribution in [-0.2, 0) is 0 Å². The Bertz CT molecular complexity index is 158. The molecule has 0 radical (unpaired) electrons. The van der Waals surface area contributed by atoms with E-state index in [-0.39, 0.29) is 5.41 Å². The predicted molar refractivity (Wildman–Crippen MR) is 57.3 cm³/mol. The molecule has 0 aromatic rings. The normalized spacial score (nSPS) is 11.7. The third kappa shape index (κ3) is 4.31. The molecule has 0 aromatic heterocycles. The minimum Gasteiger partial charge on any atom is -0.198 e. The fraction of sp³-hybridized carbons (Fsp3) is 0.917. The van der Waals surface area contributed by atoms with Crippen molar-refractivity contribution in [3.8, 4) is 6.07 Å². The smallest absolute Gasteiger partial charge is 0.0689 e. The zero-order valence-electron chi connectivity index (χ0n) is 9.56. The zero-order valence-corrected chi connectivity index (χ0v) is 9.56. The molecule has 0 rings (SSSR count). The average Bonchev–Trinajstić information content (AvgIpc) is 2.04. The molecular weight excluding hydrogens is 158 g/mol. The van der Waals surface area contributed by atoms with Crippen LogP contribution in [-0.4, -0.2) is 0 Å². The molecule has 0 N–H and O–H groups in total. The van der Waals surface area contributed by atoms with Crippen molar-refractivity contribution < 1.29 is 0 Å². The summed E-state index contributed by atoms with van der Waals surface area (Å²) in [5.41, 5.74) is -0.0301. The van der Waals surface area contributed by atoms with Crippen LogP contribution in [0, 0.1) is 22.7 Å². The van der Waals surface area contributed by atoms with E-state index in [1.807, 2.05) is 0 Å². The van der Waals surface area contributed by atoms with Gasteiger partial charge in [-0.05, 0) is 25.2 Å². The lowest BCUT2D eigenvalue weighted by molar-refractivity contribution is 0.265. The van der Waals surface area contributed by atoms with Crippen LogP contribution >= 0.6 is 0 Å². The van der Waals surface area contributed by atoms with Crippen LogP contribution in [0.15, 0.2) is 0 Å². The molecule has 0 unspecified atom stereocenters. The number of hydrogen-bond acceptors (Lipinski definition) is 1. The lowest BCUT2D eigenvalue weighted by atomic mass is 9.75. The van der Waals surface area contributed by atoms with Gasteiger partial charge in [-0.2, -0.15) is 5.26 Å². The van der Waals surface area contributed by atoms with Gasteiger partial charge < -0.3 is 0 Å². The number of rotatable bonds is 6. The highest BCUT2D eigenvalue weighted by molar-refractivity contribution is 4.98. The van der Waals surface area contributed by atoms with Crippen molar-refractivity contribution in [2.24, 2.45) is 11.3 Å². The van der Waals surface area contributed by atoms with E-state index in [2.05, 4.69) is 33.8 Å². The van der Waals surface area contributed by atoms with Crippen LogP contribution in [0.3, 0.4) is 0 Å². The zero-order chi connectivity index (χ0) is 10.3. The summed E-state index contributed by atoms with van der Waals surface area (Å²) in [6.07, 6.45) is 5.44. The predicted octanol–water partition coefficient (Wildman–Crippen LogP) is 4.14. The molecule has 0 spiro atoms. The van der Waals surface area contributed by atoms with Crippen molar-refractivity contribution >= 4 is 0 Å². The Labute approximate surface area is 83.1 Å². The SMILES string of the molecule is CCCC(C#N)(CCC)CC(C)C. The molecule has 0 atom stereocenters. The number of nitrogens with zero attached hydrogens (tertiary/aromatic N) is 1. The third-order valence-electron chi connectivity index (χ3n) is 2.49. The van der Waals surface area contributed by atoms with Crippen molar-refractivity contribution in [2.75, 3.05) is 0 Å². The molecule has 76 valence electrons. The summed E-state index contributed by atoms with van der Waals surface area (Å²) in [4.78, 5) is 0. The van der Waals surface area contributed by atoms with Gasteiger partial charge in [-0.3, -0.25) is 0 Å². The van der Waals surface area contributed by atoms with E-state index in [0.717, 1.165) is 32.1 Å². The second kappa shape index (κ2) is 6.02. The number of hydrogen-bond donors (Lipinski definition) is 0.